The van der Waals surface area contributed by atoms with Gasteiger partial charge < -0.3 is 10.2 Å². The number of hydrogen-bond donors (Lipinski definition) is 2. The smallest absolute Gasteiger partial charge is 0.322 e. The van der Waals surface area contributed by atoms with E-state index in [1.165, 1.54) is 0 Å². The van der Waals surface area contributed by atoms with E-state index in [2.05, 4.69) is 38.5 Å². The summed E-state index contributed by atoms with van der Waals surface area (Å²) in [6.45, 7) is 9.25. The Morgan fingerprint density at radius 2 is 1.48 bits per heavy atom. The molecule has 1 aliphatic carbocycles. The van der Waals surface area contributed by atoms with Gasteiger partial charge in [0.1, 0.15) is 0 Å². The second-order valence-corrected chi connectivity index (χ2v) is 9.87. The second-order valence-electron chi connectivity index (χ2n) is 7.24. The molecule has 1 aliphatic heterocycles. The van der Waals surface area contributed by atoms with E-state index in [1.807, 2.05) is 47.8 Å². The minimum absolute atomic E-state index is 0.402. The van der Waals surface area contributed by atoms with Crippen molar-refractivity contribution < 1.29 is 19.8 Å². The van der Waals surface area contributed by atoms with Crippen molar-refractivity contribution in [2.45, 2.75) is 38.2 Å². The molecular formula is C21H26O4S2. The standard InChI is InChI=1S/C12H10O4.C9H16S2/c13-11(14)10(12(15)16)9-5-7-3-1-2-4-8(7)6-9;1-7(2)9(8(3)4)10-5-6-11-9/h1-5,10H,6H2,(H,13,14)(H,15,16);5-8H,1-4H3. The van der Waals surface area contributed by atoms with E-state index in [1.54, 1.807) is 6.08 Å². The molecule has 1 aromatic carbocycles. The quantitative estimate of drug-likeness (QED) is 0.642. The topological polar surface area (TPSA) is 74.6 Å². The van der Waals surface area contributed by atoms with Gasteiger partial charge in [-0.2, -0.15) is 0 Å². The number of aliphatic carboxylic acids is 2. The van der Waals surface area contributed by atoms with Gasteiger partial charge in [0.25, 0.3) is 0 Å². The minimum Gasteiger partial charge on any atom is -0.480 e. The van der Waals surface area contributed by atoms with E-state index in [4.69, 9.17) is 10.2 Å². The summed E-state index contributed by atoms with van der Waals surface area (Å²) in [6.07, 6.45) is 2.06. The maximum atomic E-state index is 10.9. The van der Waals surface area contributed by atoms with Crippen molar-refractivity contribution in [1.29, 1.82) is 0 Å². The molecule has 2 aliphatic rings. The molecule has 3 rings (SSSR count). The highest BCUT2D eigenvalue weighted by atomic mass is 32.2. The van der Waals surface area contributed by atoms with Gasteiger partial charge in [-0.05, 0) is 45.8 Å². The molecule has 0 atom stereocenters. The number of hydrogen-bond acceptors (Lipinski definition) is 4. The monoisotopic (exact) mass is 406 g/mol. The highest BCUT2D eigenvalue weighted by Gasteiger charge is 2.39. The third-order valence-electron chi connectivity index (χ3n) is 4.82. The lowest BCUT2D eigenvalue weighted by molar-refractivity contribution is -0.152. The van der Waals surface area contributed by atoms with Crippen molar-refractivity contribution >= 4 is 41.5 Å². The maximum absolute atomic E-state index is 10.9. The van der Waals surface area contributed by atoms with Crippen LogP contribution in [0.25, 0.3) is 6.08 Å². The van der Waals surface area contributed by atoms with Gasteiger partial charge in [-0.15, -0.1) is 23.5 Å². The zero-order valence-corrected chi connectivity index (χ0v) is 17.6. The Morgan fingerprint density at radius 3 is 1.89 bits per heavy atom. The molecule has 0 fully saturated rings. The second kappa shape index (κ2) is 9.02. The maximum Gasteiger partial charge on any atom is 0.322 e. The molecule has 0 unspecified atom stereocenters. The van der Waals surface area contributed by atoms with Crippen LogP contribution in [-0.2, 0) is 16.0 Å². The van der Waals surface area contributed by atoms with E-state index in [0.717, 1.165) is 23.0 Å². The molecule has 146 valence electrons. The Bertz CT molecular complexity index is 733. The molecule has 6 heteroatoms. The first-order valence-electron chi connectivity index (χ1n) is 8.93. The molecule has 0 radical (unpaired) electrons. The van der Waals surface area contributed by atoms with Crippen LogP contribution >= 0.6 is 23.5 Å². The van der Waals surface area contributed by atoms with E-state index >= 15 is 0 Å². The summed E-state index contributed by atoms with van der Waals surface area (Å²) in [5.74, 6) is -2.58. The van der Waals surface area contributed by atoms with Crippen LogP contribution in [0.1, 0.15) is 38.8 Å². The van der Waals surface area contributed by atoms with Crippen molar-refractivity contribution in [2.24, 2.45) is 17.8 Å². The van der Waals surface area contributed by atoms with Gasteiger partial charge >= 0.3 is 11.9 Å². The first-order valence-corrected chi connectivity index (χ1v) is 10.7. The van der Waals surface area contributed by atoms with Crippen LogP contribution < -0.4 is 0 Å². The molecule has 0 spiro atoms. The van der Waals surface area contributed by atoms with Crippen LogP contribution in [0.5, 0.6) is 0 Å². The first-order chi connectivity index (χ1) is 12.7. The highest BCUT2D eigenvalue weighted by molar-refractivity contribution is 8.23. The molecule has 0 aromatic heterocycles. The lowest BCUT2D eigenvalue weighted by atomic mass is 9.97. The zero-order valence-electron chi connectivity index (χ0n) is 16.0. The minimum atomic E-state index is -1.44. The van der Waals surface area contributed by atoms with Crippen molar-refractivity contribution in [3.05, 3.63) is 51.8 Å². The van der Waals surface area contributed by atoms with Crippen molar-refractivity contribution in [3.63, 3.8) is 0 Å². The van der Waals surface area contributed by atoms with E-state index in [0.29, 0.717) is 16.1 Å². The molecule has 27 heavy (non-hydrogen) atoms. The summed E-state index contributed by atoms with van der Waals surface area (Å²) in [7, 11) is 0. The van der Waals surface area contributed by atoms with Gasteiger partial charge in [0, 0.05) is 0 Å². The molecule has 1 heterocycles. The lowest BCUT2D eigenvalue weighted by Crippen LogP contribution is -2.30. The Balaban J connectivity index is 0.000000208. The Labute approximate surface area is 169 Å². The predicted octanol–water partition coefficient (Wildman–Crippen LogP) is 5.36. The first kappa shape index (κ1) is 21.6. The molecule has 0 saturated carbocycles. The fourth-order valence-electron chi connectivity index (χ4n) is 3.42. The third kappa shape index (κ3) is 4.79. The van der Waals surface area contributed by atoms with Gasteiger partial charge in [0.15, 0.2) is 5.92 Å². The summed E-state index contributed by atoms with van der Waals surface area (Å²) in [5, 5.41) is 22.2. The summed E-state index contributed by atoms with van der Waals surface area (Å²) >= 11 is 3.98. The Morgan fingerprint density at radius 1 is 0.963 bits per heavy atom. The van der Waals surface area contributed by atoms with Gasteiger partial charge in [-0.3, -0.25) is 9.59 Å². The van der Waals surface area contributed by atoms with Crippen LogP contribution in [0.4, 0.5) is 0 Å². The predicted molar refractivity (Wildman–Crippen MR) is 114 cm³/mol. The SMILES string of the molecule is CC(C)C1(C(C)C)SC=CS1.O=C(O)C(C(=O)O)C1=Cc2ccccc2C1. The van der Waals surface area contributed by atoms with E-state index in [9.17, 15) is 9.59 Å². The lowest BCUT2D eigenvalue weighted by Gasteiger charge is -2.35. The molecule has 1 aromatic rings. The fraction of sp³-hybridized carbons (Fsp3) is 0.429. The zero-order chi connectivity index (χ0) is 20.2. The normalized spacial score (nSPS) is 16.9. The van der Waals surface area contributed by atoms with Crippen LogP contribution in [-0.4, -0.2) is 26.2 Å². The number of fused-ring (bicyclic) bond motifs is 1. The van der Waals surface area contributed by atoms with Crippen LogP contribution in [0.2, 0.25) is 0 Å². The van der Waals surface area contributed by atoms with Crippen LogP contribution in [0.15, 0.2) is 40.7 Å². The number of carbonyl (C=O) groups is 2. The number of thioether (sulfide) groups is 2. The largest absolute Gasteiger partial charge is 0.480 e. The third-order valence-corrected chi connectivity index (χ3v) is 8.74. The average molecular weight is 407 g/mol. The summed E-state index contributed by atoms with van der Waals surface area (Å²) < 4.78 is 0.417. The molecule has 0 bridgehead atoms. The van der Waals surface area contributed by atoms with E-state index in [-0.39, 0.29) is 0 Å². The van der Waals surface area contributed by atoms with Crippen molar-refractivity contribution in [3.8, 4) is 0 Å². The number of benzene rings is 1. The van der Waals surface area contributed by atoms with E-state index < -0.39 is 17.9 Å². The molecule has 4 nitrogen and oxygen atoms in total. The average Bonchev–Trinajstić information content (AvgIpc) is 3.22. The van der Waals surface area contributed by atoms with Crippen LogP contribution in [0, 0.1) is 17.8 Å². The molecular weight excluding hydrogens is 380 g/mol. The number of carboxylic acid groups (broad SMARTS) is 2. The number of carboxylic acids is 2. The van der Waals surface area contributed by atoms with Crippen molar-refractivity contribution in [1.82, 2.24) is 0 Å². The molecule has 0 saturated heterocycles. The van der Waals surface area contributed by atoms with Gasteiger partial charge in [0.05, 0.1) is 4.08 Å². The highest BCUT2D eigenvalue weighted by Crippen LogP contribution is 2.54. The van der Waals surface area contributed by atoms with Crippen LogP contribution in [0.3, 0.4) is 0 Å². The number of rotatable bonds is 5. The fourth-order valence-corrected chi connectivity index (χ4v) is 5.94. The van der Waals surface area contributed by atoms with Gasteiger partial charge in [-0.1, -0.05) is 58.0 Å². The Kier molecular flexibility index (Phi) is 7.23. The molecule has 2 N–H and O–H groups in total. The molecule has 0 amide bonds. The van der Waals surface area contributed by atoms with Crippen molar-refractivity contribution in [2.75, 3.05) is 0 Å². The summed E-state index contributed by atoms with van der Waals surface area (Å²) in [6, 6.07) is 7.42. The summed E-state index contributed by atoms with van der Waals surface area (Å²) in [4.78, 5) is 21.7. The van der Waals surface area contributed by atoms with Gasteiger partial charge in [-0.25, -0.2) is 0 Å². The summed E-state index contributed by atoms with van der Waals surface area (Å²) in [5.41, 5.74) is 2.32. The van der Waals surface area contributed by atoms with Gasteiger partial charge in [0.2, 0.25) is 0 Å². The Hall–Kier alpha value is -1.66.